The van der Waals surface area contributed by atoms with Crippen LogP contribution in [0.2, 0.25) is 0 Å². The van der Waals surface area contributed by atoms with Gasteiger partial charge in [0.2, 0.25) is 5.91 Å². The zero-order chi connectivity index (χ0) is 12.3. The van der Waals surface area contributed by atoms with E-state index in [1.807, 2.05) is 37.0 Å². The number of ether oxygens (including phenoxy) is 1. The smallest absolute Gasteiger partial charge is 0.227 e. The Morgan fingerprint density at radius 1 is 1.59 bits per heavy atom. The average Bonchev–Trinajstić information content (AvgIpc) is 2.94. The molecule has 0 saturated carbocycles. The number of amides is 1. The van der Waals surface area contributed by atoms with Crippen LogP contribution in [0, 0.1) is 5.92 Å². The van der Waals surface area contributed by atoms with E-state index >= 15 is 0 Å². The van der Waals surface area contributed by atoms with Gasteiger partial charge in [0, 0.05) is 25.0 Å². The molecule has 1 aliphatic rings. The minimum Gasteiger partial charge on any atom is -0.379 e. The van der Waals surface area contributed by atoms with Crippen LogP contribution in [0.25, 0.3) is 0 Å². The average molecular weight is 237 g/mol. The molecule has 17 heavy (non-hydrogen) atoms. The van der Waals surface area contributed by atoms with Crippen molar-refractivity contribution in [1.29, 1.82) is 0 Å². The van der Waals surface area contributed by atoms with Gasteiger partial charge in [0.05, 0.1) is 25.7 Å². The fourth-order valence-electron chi connectivity index (χ4n) is 2.09. The monoisotopic (exact) mass is 237 g/mol. The van der Waals surface area contributed by atoms with Crippen LogP contribution in [0.1, 0.15) is 5.69 Å². The summed E-state index contributed by atoms with van der Waals surface area (Å²) < 4.78 is 7.31. The zero-order valence-electron chi connectivity index (χ0n) is 10.3. The fourth-order valence-corrected chi connectivity index (χ4v) is 2.09. The number of carbonyl (C=O) groups excluding carboxylic acids is 1. The van der Waals surface area contributed by atoms with E-state index in [4.69, 9.17) is 4.74 Å². The molecule has 1 amide bonds. The number of likely N-dealkylation sites (N-methyl/N-ethyl adjacent to an activating group) is 1. The maximum absolute atomic E-state index is 12.0. The molecule has 1 aromatic heterocycles. The van der Waals surface area contributed by atoms with Crippen molar-refractivity contribution in [3.8, 4) is 0 Å². The summed E-state index contributed by atoms with van der Waals surface area (Å²) in [5.74, 6) is -0.0247. The number of nitrogens with zero attached hydrogens (tertiary/aromatic N) is 1. The van der Waals surface area contributed by atoms with Crippen molar-refractivity contribution in [3.05, 3.63) is 24.0 Å². The standard InChI is InChI=1S/C12H19N3O2/c1-13-11-8-17-7-10(11)12(16)14-6-9-4-3-5-15(9)2/h3-5,10-11,13H,6-8H2,1-2H3,(H,14,16). The molecule has 0 aromatic carbocycles. The molecule has 0 radical (unpaired) electrons. The van der Waals surface area contributed by atoms with Crippen molar-refractivity contribution in [1.82, 2.24) is 15.2 Å². The molecule has 94 valence electrons. The first-order chi connectivity index (χ1) is 8.22. The third-order valence-electron chi connectivity index (χ3n) is 3.28. The van der Waals surface area contributed by atoms with Crippen molar-refractivity contribution in [2.75, 3.05) is 20.3 Å². The molecule has 1 aromatic rings. The number of hydrogen-bond acceptors (Lipinski definition) is 3. The highest BCUT2D eigenvalue weighted by Gasteiger charge is 2.32. The van der Waals surface area contributed by atoms with Crippen LogP contribution in [0.5, 0.6) is 0 Å². The van der Waals surface area contributed by atoms with Crippen molar-refractivity contribution in [2.45, 2.75) is 12.6 Å². The first-order valence-corrected chi connectivity index (χ1v) is 5.85. The van der Waals surface area contributed by atoms with E-state index in [0.717, 1.165) is 5.69 Å². The lowest BCUT2D eigenvalue weighted by molar-refractivity contribution is -0.125. The minimum absolute atomic E-state index is 0.0584. The van der Waals surface area contributed by atoms with Gasteiger partial charge in [-0.15, -0.1) is 0 Å². The van der Waals surface area contributed by atoms with Crippen LogP contribution in [0.15, 0.2) is 18.3 Å². The molecular weight excluding hydrogens is 218 g/mol. The predicted octanol–water partition coefficient (Wildman–Crippen LogP) is -0.124. The third kappa shape index (κ3) is 2.68. The Balaban J connectivity index is 1.87. The molecule has 1 aliphatic heterocycles. The topological polar surface area (TPSA) is 55.3 Å². The molecule has 0 spiro atoms. The first kappa shape index (κ1) is 12.1. The highest BCUT2D eigenvalue weighted by atomic mass is 16.5. The van der Waals surface area contributed by atoms with Crippen molar-refractivity contribution >= 4 is 5.91 Å². The van der Waals surface area contributed by atoms with Gasteiger partial charge in [0.15, 0.2) is 0 Å². The van der Waals surface area contributed by atoms with Crippen LogP contribution in [-0.2, 0) is 23.1 Å². The Kier molecular flexibility index (Phi) is 3.81. The van der Waals surface area contributed by atoms with Crippen molar-refractivity contribution in [3.63, 3.8) is 0 Å². The van der Waals surface area contributed by atoms with Gasteiger partial charge in [0.1, 0.15) is 0 Å². The van der Waals surface area contributed by atoms with Crippen molar-refractivity contribution < 1.29 is 9.53 Å². The van der Waals surface area contributed by atoms with Gasteiger partial charge < -0.3 is 19.9 Å². The van der Waals surface area contributed by atoms with Gasteiger partial charge in [-0.2, -0.15) is 0 Å². The second-order valence-electron chi connectivity index (χ2n) is 4.37. The molecule has 5 nitrogen and oxygen atoms in total. The van der Waals surface area contributed by atoms with Gasteiger partial charge in [-0.1, -0.05) is 0 Å². The maximum Gasteiger partial charge on any atom is 0.227 e. The molecule has 2 unspecified atom stereocenters. The van der Waals surface area contributed by atoms with Crippen LogP contribution < -0.4 is 10.6 Å². The van der Waals surface area contributed by atoms with Gasteiger partial charge >= 0.3 is 0 Å². The Morgan fingerprint density at radius 3 is 3.06 bits per heavy atom. The van der Waals surface area contributed by atoms with E-state index in [1.165, 1.54) is 0 Å². The number of nitrogens with one attached hydrogen (secondary N) is 2. The minimum atomic E-state index is -0.0831. The Labute approximate surface area is 101 Å². The summed E-state index contributed by atoms with van der Waals surface area (Å²) in [5, 5.41) is 6.06. The Bertz CT molecular complexity index is 389. The van der Waals surface area contributed by atoms with E-state index in [0.29, 0.717) is 19.8 Å². The van der Waals surface area contributed by atoms with Gasteiger partial charge in [-0.05, 0) is 19.2 Å². The second-order valence-corrected chi connectivity index (χ2v) is 4.37. The molecule has 2 atom stereocenters. The molecule has 0 bridgehead atoms. The summed E-state index contributed by atoms with van der Waals surface area (Å²) in [7, 11) is 3.83. The first-order valence-electron chi connectivity index (χ1n) is 5.85. The van der Waals surface area contributed by atoms with E-state index in [-0.39, 0.29) is 17.9 Å². The summed E-state index contributed by atoms with van der Waals surface area (Å²) in [6.45, 7) is 1.68. The highest BCUT2D eigenvalue weighted by Crippen LogP contribution is 2.13. The molecule has 5 heteroatoms. The van der Waals surface area contributed by atoms with Gasteiger partial charge in [-0.3, -0.25) is 4.79 Å². The summed E-state index contributed by atoms with van der Waals surface area (Å²) in [5.41, 5.74) is 1.10. The predicted molar refractivity (Wildman–Crippen MR) is 64.4 cm³/mol. The van der Waals surface area contributed by atoms with E-state index in [9.17, 15) is 4.79 Å². The lowest BCUT2D eigenvalue weighted by atomic mass is 10.0. The Hall–Kier alpha value is -1.33. The van der Waals surface area contributed by atoms with E-state index < -0.39 is 0 Å². The lowest BCUT2D eigenvalue weighted by Gasteiger charge is -2.16. The lowest BCUT2D eigenvalue weighted by Crippen LogP contribution is -2.42. The number of rotatable bonds is 4. The van der Waals surface area contributed by atoms with Crippen LogP contribution in [0.4, 0.5) is 0 Å². The molecule has 0 aliphatic carbocycles. The summed E-state index contributed by atoms with van der Waals surface area (Å²) in [6, 6.07) is 4.10. The number of hydrogen-bond donors (Lipinski definition) is 2. The largest absolute Gasteiger partial charge is 0.379 e. The normalized spacial score (nSPS) is 23.9. The Morgan fingerprint density at radius 2 is 2.41 bits per heavy atom. The number of aryl methyl sites for hydroxylation is 1. The fraction of sp³-hybridized carbons (Fsp3) is 0.583. The molecular formula is C12H19N3O2. The van der Waals surface area contributed by atoms with Gasteiger partial charge in [-0.25, -0.2) is 0 Å². The molecule has 1 fully saturated rings. The van der Waals surface area contributed by atoms with Crippen LogP contribution in [-0.4, -0.2) is 36.8 Å². The molecule has 2 N–H and O–H groups in total. The molecule has 2 rings (SSSR count). The van der Waals surface area contributed by atoms with Gasteiger partial charge in [0.25, 0.3) is 0 Å². The summed E-state index contributed by atoms with van der Waals surface area (Å²) in [6.07, 6.45) is 1.97. The quantitative estimate of drug-likeness (QED) is 0.767. The summed E-state index contributed by atoms with van der Waals surface area (Å²) >= 11 is 0. The van der Waals surface area contributed by atoms with Crippen molar-refractivity contribution in [2.24, 2.45) is 13.0 Å². The maximum atomic E-state index is 12.0. The number of aromatic nitrogens is 1. The van der Waals surface area contributed by atoms with Crippen LogP contribution in [0.3, 0.4) is 0 Å². The van der Waals surface area contributed by atoms with Crippen LogP contribution >= 0.6 is 0 Å². The highest BCUT2D eigenvalue weighted by molar-refractivity contribution is 5.79. The van der Waals surface area contributed by atoms with E-state index in [1.54, 1.807) is 0 Å². The molecule has 1 saturated heterocycles. The molecule has 2 heterocycles. The summed E-state index contributed by atoms with van der Waals surface area (Å²) in [4.78, 5) is 12.0. The van der Waals surface area contributed by atoms with E-state index in [2.05, 4.69) is 10.6 Å². The number of carbonyl (C=O) groups is 1. The third-order valence-corrected chi connectivity index (χ3v) is 3.28. The SMILES string of the molecule is CNC1COCC1C(=O)NCc1cccn1C. The second kappa shape index (κ2) is 5.33. The zero-order valence-corrected chi connectivity index (χ0v) is 10.3.